The number of rotatable bonds is 10. The molecule has 4 aromatic rings. The number of methoxy groups -OCH3 is 1. The van der Waals surface area contributed by atoms with Gasteiger partial charge in [0.2, 0.25) is 0 Å². The highest BCUT2D eigenvalue weighted by molar-refractivity contribution is 5.84. The summed E-state index contributed by atoms with van der Waals surface area (Å²) < 4.78 is 63.2. The number of fused-ring (bicyclic) bond motifs is 1. The molecule has 0 spiro atoms. The zero-order valence-electron chi connectivity index (χ0n) is 20.6. The Morgan fingerprint density at radius 1 is 0.703 bits per heavy atom. The van der Waals surface area contributed by atoms with E-state index in [4.69, 9.17) is 10.00 Å². The van der Waals surface area contributed by atoms with E-state index < -0.39 is 17.5 Å². The van der Waals surface area contributed by atoms with E-state index in [0.29, 0.717) is 66.2 Å². The maximum atomic E-state index is 15.2. The first-order chi connectivity index (χ1) is 17.9. The molecule has 4 rings (SSSR count). The topological polar surface area (TPSA) is 33.0 Å². The van der Waals surface area contributed by atoms with E-state index in [1.54, 1.807) is 37.4 Å². The van der Waals surface area contributed by atoms with E-state index in [1.165, 1.54) is 24.3 Å². The van der Waals surface area contributed by atoms with E-state index in [2.05, 4.69) is 0 Å². The summed E-state index contributed by atoms with van der Waals surface area (Å²) in [4.78, 5) is 0. The summed E-state index contributed by atoms with van der Waals surface area (Å²) in [7, 11) is 1.59. The first-order valence-electron chi connectivity index (χ1n) is 12.2. The molecule has 0 unspecified atom stereocenters. The Morgan fingerprint density at radius 3 is 2.08 bits per heavy atom. The molecular formula is C31H27F4NO. The number of nitriles is 1. The van der Waals surface area contributed by atoms with Crippen molar-refractivity contribution < 1.29 is 22.3 Å². The van der Waals surface area contributed by atoms with Crippen molar-refractivity contribution in [2.45, 2.75) is 38.5 Å². The molecule has 0 radical (unpaired) electrons. The van der Waals surface area contributed by atoms with Crippen LogP contribution in [0.5, 0.6) is 0 Å². The molecule has 0 aliphatic rings. The number of nitrogens with zero attached hydrogens (tertiary/aromatic N) is 1. The highest BCUT2D eigenvalue weighted by atomic mass is 19.1. The van der Waals surface area contributed by atoms with Crippen molar-refractivity contribution in [2.75, 3.05) is 13.7 Å². The SMILES string of the molecule is COCCCc1cc(F)c(CCc2ccc3c(F)c(CCc4ccc(C#N)c(F)c4)ccc3c2)c(F)c1. The van der Waals surface area contributed by atoms with Crippen LogP contribution in [0.4, 0.5) is 17.6 Å². The van der Waals surface area contributed by atoms with Crippen LogP contribution in [-0.2, 0) is 36.8 Å². The maximum Gasteiger partial charge on any atom is 0.141 e. The molecule has 0 N–H and O–H groups in total. The molecule has 0 bridgehead atoms. The molecule has 4 aromatic carbocycles. The Labute approximate surface area is 214 Å². The summed E-state index contributed by atoms with van der Waals surface area (Å²) in [5, 5.41) is 10.0. The van der Waals surface area contributed by atoms with Gasteiger partial charge in [-0.25, -0.2) is 17.6 Å². The van der Waals surface area contributed by atoms with Crippen LogP contribution in [0.2, 0.25) is 0 Å². The predicted octanol–water partition coefficient (Wildman–Crippen LogP) is 7.42. The van der Waals surface area contributed by atoms with Crippen molar-refractivity contribution >= 4 is 10.8 Å². The summed E-state index contributed by atoms with van der Waals surface area (Å²) in [5.74, 6) is -2.01. The second-order valence-electron chi connectivity index (χ2n) is 9.15. The highest BCUT2D eigenvalue weighted by Crippen LogP contribution is 2.25. The lowest BCUT2D eigenvalue weighted by molar-refractivity contribution is 0.195. The summed E-state index contributed by atoms with van der Waals surface area (Å²) in [6.07, 6.45) is 2.67. The van der Waals surface area contributed by atoms with Crippen LogP contribution in [0.15, 0.2) is 60.7 Å². The number of aryl methyl sites for hydroxylation is 4. The van der Waals surface area contributed by atoms with Crippen molar-refractivity contribution in [3.05, 3.63) is 117 Å². The number of ether oxygens (including phenoxy) is 1. The lowest BCUT2D eigenvalue weighted by atomic mass is 9.96. The third kappa shape index (κ3) is 6.36. The van der Waals surface area contributed by atoms with Crippen LogP contribution in [-0.4, -0.2) is 13.7 Å². The van der Waals surface area contributed by atoms with E-state index in [1.807, 2.05) is 12.1 Å². The average molecular weight is 506 g/mol. The van der Waals surface area contributed by atoms with Crippen LogP contribution in [0, 0.1) is 34.6 Å². The molecular weight excluding hydrogens is 478 g/mol. The molecule has 0 saturated carbocycles. The fourth-order valence-corrected chi connectivity index (χ4v) is 4.55. The number of hydrogen-bond acceptors (Lipinski definition) is 2. The molecule has 0 fully saturated rings. The van der Waals surface area contributed by atoms with Gasteiger partial charge in [-0.2, -0.15) is 5.26 Å². The fraction of sp³-hybridized carbons (Fsp3) is 0.258. The van der Waals surface area contributed by atoms with Gasteiger partial charge in [-0.15, -0.1) is 0 Å². The predicted molar refractivity (Wildman–Crippen MR) is 136 cm³/mol. The second-order valence-corrected chi connectivity index (χ2v) is 9.15. The summed E-state index contributed by atoms with van der Waals surface area (Å²) in [6.45, 7) is 0.534. The quantitative estimate of drug-likeness (QED) is 0.166. The molecule has 190 valence electrons. The Kier molecular flexibility index (Phi) is 8.58. The fourth-order valence-electron chi connectivity index (χ4n) is 4.55. The van der Waals surface area contributed by atoms with Gasteiger partial charge in [-0.3, -0.25) is 0 Å². The van der Waals surface area contributed by atoms with Gasteiger partial charge in [0.25, 0.3) is 0 Å². The smallest absolute Gasteiger partial charge is 0.141 e. The minimum Gasteiger partial charge on any atom is -0.385 e. The van der Waals surface area contributed by atoms with Crippen LogP contribution < -0.4 is 0 Å². The van der Waals surface area contributed by atoms with Crippen molar-refractivity contribution in [3.8, 4) is 6.07 Å². The van der Waals surface area contributed by atoms with Crippen molar-refractivity contribution in [2.24, 2.45) is 0 Å². The molecule has 0 aliphatic heterocycles. The molecule has 2 nitrogen and oxygen atoms in total. The molecule has 0 amide bonds. The molecule has 6 heteroatoms. The highest BCUT2D eigenvalue weighted by Gasteiger charge is 2.13. The standard InChI is InChI=1S/C31H27F4NO/c1-37-14-2-3-22-17-29(33)27(30(34)18-22)13-7-20-6-12-26-24(15-20)11-10-23(31(26)35)8-4-21-5-9-25(19-36)28(32)16-21/h5-6,9-12,15-18H,2-4,7-8,13-14H2,1H3. The largest absolute Gasteiger partial charge is 0.385 e. The molecule has 0 aromatic heterocycles. The second kappa shape index (κ2) is 12.0. The van der Waals surface area contributed by atoms with Crippen molar-refractivity contribution in [3.63, 3.8) is 0 Å². The zero-order valence-corrected chi connectivity index (χ0v) is 20.6. The van der Waals surface area contributed by atoms with Crippen LogP contribution in [0.3, 0.4) is 0 Å². The van der Waals surface area contributed by atoms with Gasteiger partial charge in [0, 0.05) is 24.7 Å². The average Bonchev–Trinajstić information content (AvgIpc) is 2.88. The van der Waals surface area contributed by atoms with Crippen molar-refractivity contribution in [1.29, 1.82) is 5.26 Å². The Morgan fingerprint density at radius 2 is 1.38 bits per heavy atom. The molecule has 0 heterocycles. The Hall–Kier alpha value is -3.69. The summed E-state index contributed by atoms with van der Waals surface area (Å²) in [6, 6.07) is 17.8. The molecule has 37 heavy (non-hydrogen) atoms. The van der Waals surface area contributed by atoms with Crippen LogP contribution >= 0.6 is 0 Å². The van der Waals surface area contributed by atoms with Gasteiger partial charge in [0.15, 0.2) is 0 Å². The first kappa shape index (κ1) is 26.4. The van der Waals surface area contributed by atoms with Crippen LogP contribution in [0.1, 0.15) is 39.8 Å². The minimum absolute atomic E-state index is 0.0168. The van der Waals surface area contributed by atoms with Gasteiger partial charge in [-0.1, -0.05) is 36.4 Å². The zero-order chi connectivity index (χ0) is 26.4. The van der Waals surface area contributed by atoms with Crippen molar-refractivity contribution in [1.82, 2.24) is 0 Å². The summed E-state index contributed by atoms with van der Waals surface area (Å²) >= 11 is 0. The van der Waals surface area contributed by atoms with E-state index >= 15 is 4.39 Å². The molecule has 0 saturated heterocycles. The van der Waals surface area contributed by atoms with Gasteiger partial charge >= 0.3 is 0 Å². The number of benzene rings is 4. The minimum atomic E-state index is -0.579. The van der Waals surface area contributed by atoms with Gasteiger partial charge in [0.05, 0.1) is 5.56 Å². The number of hydrogen-bond donors (Lipinski definition) is 0. The molecule has 0 atom stereocenters. The third-order valence-electron chi connectivity index (χ3n) is 6.61. The number of halogens is 4. The molecule has 0 aliphatic carbocycles. The van der Waals surface area contributed by atoms with Gasteiger partial charge in [0.1, 0.15) is 29.3 Å². The summed E-state index contributed by atoms with van der Waals surface area (Å²) in [5.41, 5.74) is 2.70. The normalized spacial score (nSPS) is 11.1. The third-order valence-corrected chi connectivity index (χ3v) is 6.61. The monoisotopic (exact) mass is 505 g/mol. The van der Waals surface area contributed by atoms with Gasteiger partial charge in [-0.05, 0) is 90.4 Å². The Balaban J connectivity index is 1.44. The van der Waals surface area contributed by atoms with E-state index in [-0.39, 0.29) is 23.4 Å². The van der Waals surface area contributed by atoms with E-state index in [9.17, 15) is 13.2 Å². The Bertz CT molecular complexity index is 1440. The lowest BCUT2D eigenvalue weighted by Crippen LogP contribution is -2.02. The maximum absolute atomic E-state index is 15.2. The first-order valence-corrected chi connectivity index (χ1v) is 12.2. The van der Waals surface area contributed by atoms with E-state index in [0.717, 1.165) is 5.56 Å². The van der Waals surface area contributed by atoms with Crippen LogP contribution in [0.25, 0.3) is 10.8 Å². The lowest BCUT2D eigenvalue weighted by Gasteiger charge is -2.11. The van der Waals surface area contributed by atoms with Gasteiger partial charge < -0.3 is 4.74 Å².